The molecule has 0 radical (unpaired) electrons. The number of nitrogens with zero attached hydrogens (tertiary/aromatic N) is 2. The molecule has 13 heteroatoms. The molecule has 0 aliphatic carbocycles. The number of carbonyl (C=O) groups is 1. The van der Waals surface area contributed by atoms with E-state index in [1.165, 1.54) is 14.2 Å². The average Bonchev–Trinajstić information content (AvgIpc) is 2.95. The first-order valence-electron chi connectivity index (χ1n) is 11.6. The molecular formula is C26H23F5N4O3S. The third kappa shape index (κ3) is 5.98. The normalized spacial score (nSPS) is 13.2. The molecule has 1 aliphatic rings. The van der Waals surface area contributed by atoms with Gasteiger partial charge in [-0.25, -0.2) is 22.0 Å². The maximum Gasteiger partial charge on any atom is 0.257 e. The largest absolute Gasteiger partial charge is 0.497 e. The van der Waals surface area contributed by atoms with E-state index in [2.05, 4.69) is 10.6 Å². The molecule has 0 spiro atoms. The highest BCUT2D eigenvalue weighted by Gasteiger charge is 2.30. The number of hydrogen-bond acceptors (Lipinski definition) is 6. The third-order valence-electron chi connectivity index (χ3n) is 6.11. The lowest BCUT2D eigenvalue weighted by Gasteiger charge is -2.37. The number of carbonyl (C=O) groups excluding carboxylic acids is 1. The summed E-state index contributed by atoms with van der Waals surface area (Å²) in [5.41, 5.74) is 0.729. The van der Waals surface area contributed by atoms with Crippen LogP contribution in [0.25, 0.3) is 0 Å². The Kier molecular flexibility index (Phi) is 8.38. The number of thiocarbonyl (C=S) groups is 1. The van der Waals surface area contributed by atoms with E-state index in [-0.39, 0.29) is 36.9 Å². The van der Waals surface area contributed by atoms with Crippen molar-refractivity contribution in [1.82, 2.24) is 5.32 Å². The van der Waals surface area contributed by atoms with E-state index >= 15 is 0 Å². The minimum Gasteiger partial charge on any atom is -0.497 e. The topological polar surface area (TPSA) is 66.1 Å². The maximum atomic E-state index is 14.2. The average molecular weight is 567 g/mol. The Bertz CT molecular complexity index is 1350. The van der Waals surface area contributed by atoms with Crippen LogP contribution < -0.4 is 29.9 Å². The van der Waals surface area contributed by atoms with Gasteiger partial charge in [0.15, 0.2) is 28.4 Å². The molecule has 1 heterocycles. The van der Waals surface area contributed by atoms with E-state index in [0.29, 0.717) is 17.2 Å². The number of amides is 1. The third-order valence-corrected chi connectivity index (χ3v) is 6.32. The lowest BCUT2D eigenvalue weighted by Crippen LogP contribution is -2.47. The van der Waals surface area contributed by atoms with Gasteiger partial charge in [0.1, 0.15) is 17.2 Å². The lowest BCUT2D eigenvalue weighted by atomic mass is 10.2. The van der Waals surface area contributed by atoms with Crippen LogP contribution in [0.15, 0.2) is 42.5 Å². The van der Waals surface area contributed by atoms with Crippen LogP contribution in [-0.2, 0) is 0 Å². The second kappa shape index (κ2) is 11.7. The van der Waals surface area contributed by atoms with Crippen molar-refractivity contribution in [2.24, 2.45) is 0 Å². The van der Waals surface area contributed by atoms with Crippen molar-refractivity contribution in [3.05, 3.63) is 77.1 Å². The van der Waals surface area contributed by atoms with E-state index in [1.54, 1.807) is 42.5 Å². The second-order valence-electron chi connectivity index (χ2n) is 8.45. The van der Waals surface area contributed by atoms with Crippen molar-refractivity contribution in [1.29, 1.82) is 0 Å². The molecule has 1 amide bonds. The van der Waals surface area contributed by atoms with E-state index in [1.807, 2.05) is 4.90 Å². The van der Waals surface area contributed by atoms with E-state index in [4.69, 9.17) is 21.7 Å². The zero-order valence-electron chi connectivity index (χ0n) is 20.8. The predicted octanol–water partition coefficient (Wildman–Crippen LogP) is 4.85. The fourth-order valence-corrected chi connectivity index (χ4v) is 4.30. The number of halogens is 5. The van der Waals surface area contributed by atoms with Crippen molar-refractivity contribution in [3.8, 4) is 11.5 Å². The summed E-state index contributed by atoms with van der Waals surface area (Å²) in [6.07, 6.45) is 0. The number of ether oxygens (including phenoxy) is 2. The first-order chi connectivity index (χ1) is 18.6. The molecule has 3 aromatic carbocycles. The van der Waals surface area contributed by atoms with Crippen LogP contribution in [0.5, 0.6) is 11.5 Å². The maximum absolute atomic E-state index is 14.2. The SMILES string of the molecule is COc1cc(OC)cc(C(=O)NC(=S)Nc2ccc(N3CCN(c4c(F)c(F)c(F)c(F)c4F)CC3)cc2)c1. The summed E-state index contributed by atoms with van der Waals surface area (Å²) in [5, 5.41) is 5.55. The lowest BCUT2D eigenvalue weighted by molar-refractivity contribution is 0.0977. The summed E-state index contributed by atoms with van der Waals surface area (Å²) in [7, 11) is 2.94. The molecule has 0 unspecified atom stereocenters. The first-order valence-corrected chi connectivity index (χ1v) is 12.0. The number of piperazine rings is 1. The number of nitrogens with one attached hydrogen (secondary N) is 2. The molecule has 39 heavy (non-hydrogen) atoms. The Morgan fingerprint density at radius 1 is 0.769 bits per heavy atom. The highest BCUT2D eigenvalue weighted by Crippen LogP contribution is 2.31. The van der Waals surface area contributed by atoms with Crippen molar-refractivity contribution >= 4 is 40.3 Å². The molecule has 0 bridgehead atoms. The monoisotopic (exact) mass is 566 g/mol. The van der Waals surface area contributed by atoms with Gasteiger partial charge in [0.25, 0.3) is 5.91 Å². The molecule has 7 nitrogen and oxygen atoms in total. The zero-order chi connectivity index (χ0) is 28.3. The fraction of sp³-hybridized carbons (Fsp3) is 0.231. The van der Waals surface area contributed by atoms with Gasteiger partial charge >= 0.3 is 0 Å². The fourth-order valence-electron chi connectivity index (χ4n) is 4.09. The Morgan fingerprint density at radius 2 is 1.26 bits per heavy atom. The quantitative estimate of drug-likeness (QED) is 0.191. The van der Waals surface area contributed by atoms with Crippen molar-refractivity contribution in [3.63, 3.8) is 0 Å². The van der Waals surface area contributed by atoms with Gasteiger partial charge in [0.2, 0.25) is 5.82 Å². The van der Waals surface area contributed by atoms with Crippen LogP contribution >= 0.6 is 12.2 Å². The Balaban J connectivity index is 1.35. The van der Waals surface area contributed by atoms with Crippen LogP contribution in [0.4, 0.5) is 39.0 Å². The molecule has 0 saturated carbocycles. The molecule has 4 rings (SSSR count). The number of hydrogen-bond donors (Lipinski definition) is 2. The van der Waals surface area contributed by atoms with Gasteiger partial charge in [-0.1, -0.05) is 0 Å². The van der Waals surface area contributed by atoms with E-state index in [9.17, 15) is 26.7 Å². The number of benzene rings is 3. The van der Waals surface area contributed by atoms with Gasteiger partial charge in [-0.3, -0.25) is 10.1 Å². The summed E-state index contributed by atoms with van der Waals surface area (Å²) >= 11 is 5.24. The molecule has 0 atom stereocenters. The van der Waals surface area contributed by atoms with Crippen LogP contribution in [0.2, 0.25) is 0 Å². The first kappa shape index (κ1) is 27.9. The highest BCUT2D eigenvalue weighted by molar-refractivity contribution is 7.80. The van der Waals surface area contributed by atoms with Gasteiger partial charge in [-0.05, 0) is 48.6 Å². The van der Waals surface area contributed by atoms with Gasteiger partial charge < -0.3 is 24.6 Å². The number of methoxy groups -OCH3 is 2. The van der Waals surface area contributed by atoms with Crippen molar-refractivity contribution in [2.45, 2.75) is 0 Å². The molecule has 1 fully saturated rings. The van der Waals surface area contributed by atoms with Crippen LogP contribution in [0.1, 0.15) is 10.4 Å². The second-order valence-corrected chi connectivity index (χ2v) is 8.86. The molecule has 2 N–H and O–H groups in total. The van der Waals surface area contributed by atoms with Gasteiger partial charge in [0, 0.05) is 49.2 Å². The Morgan fingerprint density at radius 3 is 1.77 bits per heavy atom. The van der Waals surface area contributed by atoms with Crippen molar-refractivity contribution in [2.75, 3.05) is 55.5 Å². The molecule has 3 aromatic rings. The number of rotatable bonds is 6. The minimum absolute atomic E-state index is 0.0452. The van der Waals surface area contributed by atoms with E-state index < -0.39 is 40.7 Å². The summed E-state index contributed by atoms with van der Waals surface area (Å²) in [6.45, 7) is 0.655. The van der Waals surface area contributed by atoms with Gasteiger partial charge in [0.05, 0.1) is 14.2 Å². The minimum atomic E-state index is -2.18. The van der Waals surface area contributed by atoms with Crippen LogP contribution in [0.3, 0.4) is 0 Å². The van der Waals surface area contributed by atoms with Crippen molar-refractivity contribution < 1.29 is 36.2 Å². The highest BCUT2D eigenvalue weighted by atomic mass is 32.1. The molecular weight excluding hydrogens is 543 g/mol. The smallest absolute Gasteiger partial charge is 0.257 e. The number of anilines is 3. The summed E-state index contributed by atoms with van der Waals surface area (Å²) < 4.78 is 79.2. The molecule has 206 valence electrons. The summed E-state index contributed by atoms with van der Waals surface area (Å²) in [4.78, 5) is 15.6. The van der Waals surface area contributed by atoms with Crippen LogP contribution in [0, 0.1) is 29.1 Å². The predicted molar refractivity (Wildman–Crippen MR) is 140 cm³/mol. The zero-order valence-corrected chi connectivity index (χ0v) is 21.6. The van der Waals surface area contributed by atoms with Gasteiger partial charge in [-0.2, -0.15) is 0 Å². The Labute approximate surface area is 226 Å². The standard InChI is InChI=1S/C26H23F5N4O3S/c1-37-17-11-14(12-18(13-17)38-2)25(36)33-26(39)32-15-3-5-16(6-4-15)34-7-9-35(10-8-34)24-22(30)20(28)19(27)21(29)23(24)31/h3-6,11-13H,7-10H2,1-2H3,(H2,32,33,36,39). The molecule has 1 saturated heterocycles. The van der Waals surface area contributed by atoms with E-state index in [0.717, 1.165) is 10.6 Å². The summed E-state index contributed by atoms with van der Waals surface area (Å²) in [6, 6.07) is 11.7. The van der Waals surface area contributed by atoms with Crippen LogP contribution in [-0.4, -0.2) is 51.4 Å². The Hall–Kier alpha value is -4.13. The molecule has 1 aliphatic heterocycles. The summed E-state index contributed by atoms with van der Waals surface area (Å²) in [5.74, 6) is -9.37. The van der Waals surface area contributed by atoms with Gasteiger partial charge in [-0.15, -0.1) is 0 Å². The molecule has 0 aromatic heterocycles.